The number of hydrogen-bond donors (Lipinski definition) is 1. The number of nitro benzene ring substituents is 2. The lowest BCUT2D eigenvalue weighted by molar-refractivity contribution is -0.385. The van der Waals surface area contributed by atoms with Crippen molar-refractivity contribution in [2.45, 2.75) is 12.5 Å². The van der Waals surface area contributed by atoms with Gasteiger partial charge in [-0.05, 0) is 6.07 Å². The number of rotatable bonds is 7. The molecule has 0 heterocycles. The number of esters is 1. The number of non-ortho nitro benzene ring substituents is 1. The molecule has 10 nitrogen and oxygen atoms in total. The van der Waals surface area contributed by atoms with Crippen molar-refractivity contribution in [1.82, 2.24) is 5.32 Å². The number of nitrogens with zero attached hydrogens (tertiary/aromatic N) is 2. The van der Waals surface area contributed by atoms with Gasteiger partial charge < -0.3 is 10.1 Å². The normalized spacial score (nSPS) is 11.3. The fourth-order valence-electron chi connectivity index (χ4n) is 2.42. The SMILES string of the molecule is COC(=O)[C@H](Cc1ccccc1[N+](=O)[O-])NC(=O)c1cccc([N+](=O)[O-])c1. The van der Waals surface area contributed by atoms with E-state index in [1.54, 1.807) is 6.07 Å². The summed E-state index contributed by atoms with van der Waals surface area (Å²) in [6.07, 6.45) is -0.176. The highest BCUT2D eigenvalue weighted by atomic mass is 16.6. The molecule has 0 aliphatic carbocycles. The van der Waals surface area contributed by atoms with Crippen LogP contribution in [0.1, 0.15) is 15.9 Å². The number of nitrogens with one attached hydrogen (secondary N) is 1. The van der Waals surface area contributed by atoms with Gasteiger partial charge in [0.25, 0.3) is 17.3 Å². The summed E-state index contributed by atoms with van der Waals surface area (Å²) in [7, 11) is 1.12. The molecule has 0 aliphatic rings. The quantitative estimate of drug-likeness (QED) is 0.444. The number of hydrogen-bond acceptors (Lipinski definition) is 7. The Kier molecular flexibility index (Phi) is 6.15. The van der Waals surface area contributed by atoms with Crippen LogP contribution in [-0.2, 0) is 16.0 Å². The molecular weight excluding hydrogens is 358 g/mol. The van der Waals surface area contributed by atoms with Gasteiger partial charge >= 0.3 is 5.97 Å². The predicted molar refractivity (Wildman–Crippen MR) is 93.2 cm³/mol. The van der Waals surface area contributed by atoms with Gasteiger partial charge in [0.15, 0.2) is 0 Å². The van der Waals surface area contributed by atoms with Gasteiger partial charge in [-0.3, -0.25) is 25.0 Å². The Bertz CT molecular complexity index is 898. The van der Waals surface area contributed by atoms with Gasteiger partial charge in [-0.25, -0.2) is 4.79 Å². The molecule has 10 heteroatoms. The Morgan fingerprint density at radius 1 is 1.07 bits per heavy atom. The first kappa shape index (κ1) is 19.5. The Labute approximate surface area is 153 Å². The molecule has 140 valence electrons. The van der Waals surface area contributed by atoms with E-state index in [0.717, 1.165) is 13.2 Å². The Balaban J connectivity index is 2.26. The van der Waals surface area contributed by atoms with E-state index >= 15 is 0 Å². The van der Waals surface area contributed by atoms with E-state index in [9.17, 15) is 29.8 Å². The summed E-state index contributed by atoms with van der Waals surface area (Å²) in [5, 5.41) is 24.4. The van der Waals surface area contributed by atoms with Gasteiger partial charge in [-0.2, -0.15) is 0 Å². The van der Waals surface area contributed by atoms with Crippen molar-refractivity contribution < 1.29 is 24.2 Å². The number of methoxy groups -OCH3 is 1. The maximum Gasteiger partial charge on any atom is 0.328 e. The first-order valence-corrected chi connectivity index (χ1v) is 7.69. The number of amides is 1. The fourth-order valence-corrected chi connectivity index (χ4v) is 2.42. The maximum atomic E-state index is 12.4. The largest absolute Gasteiger partial charge is 0.467 e. The molecule has 27 heavy (non-hydrogen) atoms. The molecule has 0 aliphatic heterocycles. The summed E-state index contributed by atoms with van der Waals surface area (Å²) in [4.78, 5) is 45.1. The summed E-state index contributed by atoms with van der Waals surface area (Å²) < 4.78 is 4.65. The second-order valence-corrected chi connectivity index (χ2v) is 5.45. The topological polar surface area (TPSA) is 142 Å². The van der Waals surface area contributed by atoms with Crippen LogP contribution in [0.25, 0.3) is 0 Å². The number of benzene rings is 2. The van der Waals surface area contributed by atoms with Gasteiger partial charge in [0.1, 0.15) is 6.04 Å². The minimum absolute atomic E-state index is 0.0272. The molecule has 0 radical (unpaired) electrons. The van der Waals surface area contributed by atoms with Crippen molar-refractivity contribution in [3.8, 4) is 0 Å². The molecule has 2 rings (SSSR count). The summed E-state index contributed by atoms with van der Waals surface area (Å²) in [5.41, 5.74) is -0.273. The van der Waals surface area contributed by atoms with E-state index in [1.807, 2.05) is 0 Å². The van der Waals surface area contributed by atoms with E-state index < -0.39 is 27.8 Å². The van der Waals surface area contributed by atoms with Crippen LogP contribution in [0, 0.1) is 20.2 Å². The standard InChI is InChI=1S/C17H15N3O7/c1-27-17(22)14(10-11-5-2-3-8-15(11)20(25)26)18-16(21)12-6-4-7-13(9-12)19(23)24/h2-9,14H,10H2,1H3,(H,18,21)/t14-/m0/s1. The average molecular weight is 373 g/mol. The van der Waals surface area contributed by atoms with Crippen molar-refractivity contribution in [1.29, 1.82) is 0 Å². The number of para-hydroxylation sites is 1. The first-order valence-electron chi connectivity index (χ1n) is 7.69. The summed E-state index contributed by atoms with van der Waals surface area (Å²) >= 11 is 0. The van der Waals surface area contributed by atoms with Crippen LogP contribution < -0.4 is 5.32 Å². The van der Waals surface area contributed by atoms with Crippen molar-refractivity contribution in [3.63, 3.8) is 0 Å². The zero-order chi connectivity index (χ0) is 20.0. The monoisotopic (exact) mass is 373 g/mol. The zero-order valence-electron chi connectivity index (χ0n) is 14.2. The lowest BCUT2D eigenvalue weighted by Crippen LogP contribution is -2.43. The number of carbonyl (C=O) groups excluding carboxylic acids is 2. The predicted octanol–water partition coefficient (Wildman–Crippen LogP) is 2.02. The zero-order valence-corrected chi connectivity index (χ0v) is 14.2. The molecule has 0 fully saturated rings. The van der Waals surface area contributed by atoms with Crippen molar-refractivity contribution in [2.24, 2.45) is 0 Å². The minimum atomic E-state index is -1.21. The third-order valence-electron chi connectivity index (χ3n) is 3.72. The fraction of sp³-hybridized carbons (Fsp3) is 0.176. The number of nitro groups is 2. The lowest BCUT2D eigenvalue weighted by atomic mass is 10.0. The third kappa shape index (κ3) is 4.84. The van der Waals surface area contributed by atoms with E-state index in [-0.39, 0.29) is 28.9 Å². The summed E-state index contributed by atoms with van der Waals surface area (Å²) in [6.45, 7) is 0. The Morgan fingerprint density at radius 2 is 1.78 bits per heavy atom. The van der Waals surface area contributed by atoms with Crippen molar-refractivity contribution in [2.75, 3.05) is 7.11 Å². The maximum absolute atomic E-state index is 12.4. The minimum Gasteiger partial charge on any atom is -0.467 e. The first-order chi connectivity index (χ1) is 12.8. The van der Waals surface area contributed by atoms with Crippen LogP contribution in [0.4, 0.5) is 11.4 Å². The van der Waals surface area contributed by atoms with Gasteiger partial charge in [-0.1, -0.05) is 24.3 Å². The second-order valence-electron chi connectivity index (χ2n) is 5.45. The molecule has 0 saturated heterocycles. The Hall–Kier alpha value is -3.82. The molecule has 2 aromatic carbocycles. The van der Waals surface area contributed by atoms with Crippen LogP contribution >= 0.6 is 0 Å². The van der Waals surface area contributed by atoms with Crippen LogP contribution in [-0.4, -0.2) is 34.9 Å². The lowest BCUT2D eigenvalue weighted by Gasteiger charge is -2.16. The number of carbonyl (C=O) groups is 2. The molecule has 1 atom stereocenters. The van der Waals surface area contributed by atoms with Crippen LogP contribution in [0.15, 0.2) is 48.5 Å². The van der Waals surface area contributed by atoms with Gasteiger partial charge in [-0.15, -0.1) is 0 Å². The third-order valence-corrected chi connectivity index (χ3v) is 3.72. The van der Waals surface area contributed by atoms with Gasteiger partial charge in [0, 0.05) is 35.7 Å². The summed E-state index contributed by atoms with van der Waals surface area (Å²) in [5.74, 6) is -1.54. The molecule has 2 aromatic rings. The molecule has 1 N–H and O–H groups in total. The molecule has 0 saturated carbocycles. The molecule has 0 spiro atoms. The van der Waals surface area contributed by atoms with Crippen molar-refractivity contribution in [3.05, 3.63) is 79.9 Å². The van der Waals surface area contributed by atoms with E-state index in [1.165, 1.54) is 36.4 Å². The molecule has 1 amide bonds. The highest BCUT2D eigenvalue weighted by Gasteiger charge is 2.26. The van der Waals surface area contributed by atoms with Crippen LogP contribution in [0.2, 0.25) is 0 Å². The summed E-state index contributed by atoms with van der Waals surface area (Å²) in [6, 6.07) is 9.57. The van der Waals surface area contributed by atoms with Gasteiger partial charge in [0.05, 0.1) is 17.0 Å². The highest BCUT2D eigenvalue weighted by Crippen LogP contribution is 2.20. The average Bonchev–Trinajstić information content (AvgIpc) is 2.67. The van der Waals surface area contributed by atoms with E-state index in [0.29, 0.717) is 0 Å². The molecular formula is C17H15N3O7. The molecule has 0 bridgehead atoms. The van der Waals surface area contributed by atoms with E-state index in [4.69, 9.17) is 0 Å². The molecule has 0 unspecified atom stereocenters. The smallest absolute Gasteiger partial charge is 0.328 e. The number of ether oxygens (including phenoxy) is 1. The second kappa shape index (κ2) is 8.52. The van der Waals surface area contributed by atoms with Crippen molar-refractivity contribution >= 4 is 23.3 Å². The van der Waals surface area contributed by atoms with Crippen LogP contribution in [0.3, 0.4) is 0 Å². The highest BCUT2D eigenvalue weighted by molar-refractivity contribution is 5.97. The van der Waals surface area contributed by atoms with Gasteiger partial charge in [0.2, 0.25) is 0 Å². The Morgan fingerprint density at radius 3 is 2.41 bits per heavy atom. The molecule has 0 aromatic heterocycles. The van der Waals surface area contributed by atoms with Crippen LogP contribution in [0.5, 0.6) is 0 Å². The van der Waals surface area contributed by atoms with E-state index in [2.05, 4.69) is 10.1 Å².